The second-order valence-corrected chi connectivity index (χ2v) is 19.0. The minimum absolute atomic E-state index is 0.666. The lowest BCUT2D eigenvalue weighted by atomic mass is 9.58. The molecule has 7 aromatic carbocycles. The maximum Gasteiger partial charge on any atom is 0.164 e. The molecule has 0 atom stereocenters. The molecule has 2 aromatic heterocycles. The zero-order chi connectivity index (χ0) is 44.8. The predicted octanol–water partition coefficient (Wildman–Crippen LogP) is -12.1. The summed E-state index contributed by atoms with van der Waals surface area (Å²) in [7, 11) is 32.3. The van der Waals surface area contributed by atoms with Gasteiger partial charge in [0.2, 0.25) is 0 Å². The fourth-order valence-corrected chi connectivity index (χ4v) is 11.5. The molecule has 0 radical (unpaired) electrons. The van der Waals surface area contributed by atoms with Crippen LogP contribution in [0.1, 0.15) is 0 Å². The number of fused-ring (bicyclic) bond motifs is 3. The van der Waals surface area contributed by atoms with E-state index in [0.29, 0.717) is 17.5 Å². The van der Waals surface area contributed by atoms with Crippen molar-refractivity contribution in [1.29, 1.82) is 0 Å². The predicted molar refractivity (Wildman–Crippen MR) is 320 cm³/mol. The van der Waals surface area contributed by atoms with Crippen LogP contribution in [0, 0.1) is 0 Å². The van der Waals surface area contributed by atoms with Gasteiger partial charge in [0.05, 0.1) is 0 Å². The quantitative estimate of drug-likeness (QED) is 0.157. The summed E-state index contributed by atoms with van der Waals surface area (Å²) < 4.78 is 2.76. The molecule has 2 heterocycles. The van der Waals surface area contributed by atoms with Crippen molar-refractivity contribution < 1.29 is 0 Å². The Morgan fingerprint density at radius 1 is 0.302 bits per heavy atom. The van der Waals surface area contributed by atoms with Gasteiger partial charge in [0.25, 0.3) is 0 Å². The fourth-order valence-electron chi connectivity index (χ4n) is 10.1. The van der Waals surface area contributed by atoms with E-state index in [1.54, 1.807) is 0 Å². The first-order valence-electron chi connectivity index (χ1n) is 22.2. The second kappa shape index (κ2) is 16.3. The molecule has 63 heavy (non-hydrogen) atoms. The van der Waals surface area contributed by atoms with E-state index in [1.165, 1.54) is 124 Å². The molecule has 0 spiro atoms. The molecule has 0 fully saturated rings. The molecular weight excluding hydrogens is 766 g/mol. The molecule has 0 amide bonds. The highest BCUT2D eigenvalue weighted by Gasteiger charge is 2.27. The van der Waals surface area contributed by atoms with Gasteiger partial charge in [0.1, 0.15) is 110 Å². The van der Waals surface area contributed by atoms with Crippen molar-refractivity contribution in [1.82, 2.24) is 15.0 Å². The lowest BCUT2D eigenvalue weighted by molar-refractivity contribution is 1.08. The van der Waals surface area contributed by atoms with Crippen LogP contribution in [0.4, 0.5) is 0 Å². The third-order valence-corrected chi connectivity index (χ3v) is 16.2. The van der Waals surface area contributed by atoms with Crippen LogP contribution in [0.3, 0.4) is 0 Å². The van der Waals surface area contributed by atoms with Crippen LogP contribution in [-0.2, 0) is 0 Å². The largest absolute Gasteiger partial charge is 0.208 e. The monoisotopic (exact) mass is 811 g/mol. The molecule has 18 heteroatoms. The molecule has 0 saturated carbocycles. The van der Waals surface area contributed by atoms with Crippen LogP contribution in [0.5, 0.6) is 0 Å². The SMILES string of the molecule is Bc1cc(-c2c(B)c(B)c(-c3nc(-c4ccccc4)nc(-c4ccc(-c5ccccc5)cc4)n3)c(B)c2B)c2sc3c(B)c(B)c(B)c(-c4c(B)c(B)c(B)c(B)c4B)c3c2c1B. The van der Waals surface area contributed by atoms with E-state index in [2.05, 4.69) is 183 Å². The van der Waals surface area contributed by atoms with Crippen molar-refractivity contribution >= 4 is 218 Å². The topological polar surface area (TPSA) is 38.7 Å². The summed E-state index contributed by atoms with van der Waals surface area (Å²) in [5.41, 5.74) is 29.5. The number of aromatic nitrogens is 3. The molecular formula is C45H43B14N3S. The number of thiophene rings is 1. The molecule has 9 aromatic rings. The third-order valence-electron chi connectivity index (χ3n) is 14.9. The fraction of sp³-hybridized carbons (Fsp3) is 0. The summed E-state index contributed by atoms with van der Waals surface area (Å²) in [6.45, 7) is 0. The summed E-state index contributed by atoms with van der Waals surface area (Å²) >= 11 is 1.98. The molecule has 286 valence electrons. The van der Waals surface area contributed by atoms with E-state index in [0.717, 1.165) is 22.3 Å². The van der Waals surface area contributed by atoms with Crippen LogP contribution >= 0.6 is 11.3 Å². The van der Waals surface area contributed by atoms with Gasteiger partial charge >= 0.3 is 0 Å². The number of hydrogen-bond acceptors (Lipinski definition) is 4. The van der Waals surface area contributed by atoms with Crippen molar-refractivity contribution in [2.75, 3.05) is 0 Å². The second-order valence-electron chi connectivity index (χ2n) is 18.0. The van der Waals surface area contributed by atoms with Gasteiger partial charge in [-0.3, -0.25) is 0 Å². The van der Waals surface area contributed by atoms with Gasteiger partial charge in [-0.2, -0.15) is 0 Å². The van der Waals surface area contributed by atoms with Crippen molar-refractivity contribution in [3.8, 4) is 67.5 Å². The molecule has 3 nitrogen and oxygen atoms in total. The molecule has 0 bridgehead atoms. The average molecular weight is 809 g/mol. The first-order valence-corrected chi connectivity index (χ1v) is 23.0. The molecule has 0 aliphatic heterocycles. The Morgan fingerprint density at radius 3 is 1.25 bits per heavy atom. The van der Waals surface area contributed by atoms with Gasteiger partial charge in [-0.05, 0) is 38.8 Å². The summed E-state index contributed by atoms with van der Waals surface area (Å²) in [6.07, 6.45) is 0. The Bertz CT molecular complexity index is 3320. The van der Waals surface area contributed by atoms with E-state index in [1.807, 2.05) is 29.5 Å². The summed E-state index contributed by atoms with van der Waals surface area (Å²) in [5, 5.41) is 2.81. The normalized spacial score (nSPS) is 11.4. The van der Waals surface area contributed by atoms with Gasteiger partial charge < -0.3 is 0 Å². The zero-order valence-electron chi connectivity index (χ0n) is 39.4. The third kappa shape index (κ3) is 6.90. The minimum Gasteiger partial charge on any atom is -0.208 e. The van der Waals surface area contributed by atoms with E-state index in [-0.39, 0.29) is 0 Å². The lowest BCUT2D eigenvalue weighted by Crippen LogP contribution is -2.56. The van der Waals surface area contributed by atoms with Gasteiger partial charge in [-0.25, -0.2) is 15.0 Å². The molecule has 0 unspecified atom stereocenters. The average Bonchev–Trinajstić information content (AvgIpc) is 3.70. The number of rotatable bonds is 6. The van der Waals surface area contributed by atoms with Crippen LogP contribution in [0.2, 0.25) is 0 Å². The Labute approximate surface area is 389 Å². The summed E-state index contributed by atoms with van der Waals surface area (Å²) in [6, 6.07) is 31.8. The number of hydrogen-bond donors (Lipinski definition) is 0. The highest BCUT2D eigenvalue weighted by molar-refractivity contribution is 7.28. The minimum atomic E-state index is 0.666. The highest BCUT2D eigenvalue weighted by atomic mass is 32.1. The van der Waals surface area contributed by atoms with Gasteiger partial charge in [0.15, 0.2) is 17.5 Å². The van der Waals surface area contributed by atoms with E-state index in [9.17, 15) is 0 Å². The number of benzene rings is 7. The molecule has 0 saturated heterocycles. The number of nitrogens with zero attached hydrogens (tertiary/aromatic N) is 3. The van der Waals surface area contributed by atoms with Gasteiger partial charge in [-0.15, -0.1) is 27.7 Å². The Kier molecular flexibility index (Phi) is 11.1. The van der Waals surface area contributed by atoms with Crippen molar-refractivity contribution in [2.45, 2.75) is 0 Å². The summed E-state index contributed by atoms with van der Waals surface area (Å²) in [4.78, 5) is 15.6. The van der Waals surface area contributed by atoms with E-state index in [4.69, 9.17) is 15.0 Å². The maximum absolute atomic E-state index is 5.29. The van der Waals surface area contributed by atoms with Crippen LogP contribution < -0.4 is 76.5 Å². The van der Waals surface area contributed by atoms with Crippen molar-refractivity contribution in [3.63, 3.8) is 0 Å². The molecule has 0 aliphatic rings. The highest BCUT2D eigenvalue weighted by Crippen LogP contribution is 2.40. The Morgan fingerprint density at radius 2 is 0.698 bits per heavy atom. The standard InChI is InChI=1S/C45H43B14N3S/c46-21-15-20(41-26(28(21)47)24-23(31(50)38(57)40(59)42(24)63-41)25-32(51)36(55)39(58)37(56)33(25)52)22-29(48)34(53)27(35(54)30(22)49)45-61-43(18-9-5-2-6-10-18)60-44(62-45)19-13-11-17(12-14-19)16-7-3-1-4-8-16/h1-15H,46-59H2. The van der Waals surface area contributed by atoms with Gasteiger partial charge in [-0.1, -0.05) is 151 Å². The first-order chi connectivity index (χ1) is 30.1. The van der Waals surface area contributed by atoms with E-state index >= 15 is 0 Å². The molecule has 0 aliphatic carbocycles. The van der Waals surface area contributed by atoms with Crippen molar-refractivity contribution in [3.05, 3.63) is 91.0 Å². The van der Waals surface area contributed by atoms with Crippen LogP contribution in [0.15, 0.2) is 91.0 Å². The molecule has 9 rings (SSSR count). The molecule has 0 N–H and O–H groups in total. The first kappa shape index (κ1) is 43.0. The van der Waals surface area contributed by atoms with Crippen LogP contribution in [-0.4, -0.2) is 125 Å². The lowest BCUT2D eigenvalue weighted by Gasteiger charge is -2.25. The maximum atomic E-state index is 5.29. The zero-order valence-corrected chi connectivity index (χ0v) is 40.2. The Hall–Kier alpha value is -5.32. The van der Waals surface area contributed by atoms with Gasteiger partial charge in [0, 0.05) is 31.5 Å². The smallest absolute Gasteiger partial charge is 0.164 e. The van der Waals surface area contributed by atoms with Crippen LogP contribution in [0.25, 0.3) is 87.7 Å². The van der Waals surface area contributed by atoms with E-state index < -0.39 is 0 Å². The van der Waals surface area contributed by atoms with Crippen molar-refractivity contribution in [2.24, 2.45) is 0 Å². The Balaban J connectivity index is 1.29. The summed E-state index contributed by atoms with van der Waals surface area (Å²) in [5.74, 6) is 2.04.